The third-order valence-corrected chi connectivity index (χ3v) is 5.52. The lowest BCUT2D eigenvalue weighted by Gasteiger charge is -2.16. The van der Waals surface area contributed by atoms with Crippen LogP contribution < -0.4 is 10.1 Å². The van der Waals surface area contributed by atoms with E-state index < -0.39 is 30.3 Å². The summed E-state index contributed by atoms with van der Waals surface area (Å²) < 4.78 is 23.7. The Morgan fingerprint density at radius 1 is 0.917 bits per heavy atom. The van der Waals surface area contributed by atoms with Crippen LogP contribution in [-0.4, -0.2) is 41.8 Å². The van der Waals surface area contributed by atoms with Gasteiger partial charge in [-0.1, -0.05) is 30.3 Å². The number of esters is 1. The van der Waals surface area contributed by atoms with Crippen LogP contribution in [-0.2, 0) is 22.6 Å². The molecule has 3 aromatic carbocycles. The van der Waals surface area contributed by atoms with E-state index in [2.05, 4.69) is 5.32 Å². The van der Waals surface area contributed by atoms with Gasteiger partial charge >= 0.3 is 5.97 Å². The van der Waals surface area contributed by atoms with Crippen molar-refractivity contribution in [2.24, 2.45) is 0 Å². The van der Waals surface area contributed by atoms with Crippen molar-refractivity contribution in [2.45, 2.75) is 20.0 Å². The Kier molecular flexibility index (Phi) is 7.39. The number of hydrogen-bond donors (Lipinski definition) is 1. The quantitative estimate of drug-likeness (QED) is 0.364. The molecular formula is C27H23FN2O6. The number of nitrogens with zero attached hydrogens (tertiary/aromatic N) is 1. The molecule has 1 heterocycles. The highest BCUT2D eigenvalue weighted by Crippen LogP contribution is 2.27. The molecule has 3 amide bonds. The van der Waals surface area contributed by atoms with Crippen LogP contribution in [0.25, 0.3) is 0 Å². The van der Waals surface area contributed by atoms with Crippen LogP contribution in [0.4, 0.5) is 4.39 Å². The summed E-state index contributed by atoms with van der Waals surface area (Å²) in [4.78, 5) is 51.4. The highest BCUT2D eigenvalue weighted by Gasteiger charge is 2.35. The van der Waals surface area contributed by atoms with E-state index in [0.717, 1.165) is 4.90 Å². The van der Waals surface area contributed by atoms with Crippen LogP contribution in [0.5, 0.6) is 5.75 Å². The van der Waals surface area contributed by atoms with Gasteiger partial charge in [0.2, 0.25) is 0 Å². The van der Waals surface area contributed by atoms with Crippen molar-refractivity contribution in [1.82, 2.24) is 10.2 Å². The molecule has 1 N–H and O–H groups in total. The zero-order valence-electron chi connectivity index (χ0n) is 19.5. The summed E-state index contributed by atoms with van der Waals surface area (Å²) in [5.41, 5.74) is 1.94. The molecule has 184 valence electrons. The average molecular weight is 490 g/mol. The molecule has 1 aliphatic rings. The highest BCUT2D eigenvalue weighted by molar-refractivity contribution is 6.21. The molecular weight excluding hydrogens is 467 g/mol. The van der Waals surface area contributed by atoms with Crippen LogP contribution in [0.1, 0.15) is 49.1 Å². The molecule has 0 atom stereocenters. The lowest BCUT2D eigenvalue weighted by molar-refractivity contribution is -0.124. The monoisotopic (exact) mass is 490 g/mol. The first-order valence-electron chi connectivity index (χ1n) is 11.3. The van der Waals surface area contributed by atoms with E-state index in [1.807, 2.05) is 0 Å². The predicted molar refractivity (Wildman–Crippen MR) is 127 cm³/mol. The number of imide groups is 1. The first-order valence-corrected chi connectivity index (χ1v) is 11.3. The standard InChI is InChI=1S/C27H23FN2O6/c1-2-35-23-12-9-18(15-30-25(32)20-5-3-4-6-21(20)26(30)33)13-22(23)27(34)36-16-24(31)29-14-17-7-10-19(28)11-8-17/h3-13H,2,14-16H2,1H3,(H,29,31). The molecule has 0 unspecified atom stereocenters. The van der Waals surface area contributed by atoms with E-state index in [4.69, 9.17) is 9.47 Å². The third kappa shape index (κ3) is 5.41. The lowest BCUT2D eigenvalue weighted by Crippen LogP contribution is -2.29. The fourth-order valence-electron chi connectivity index (χ4n) is 3.74. The molecule has 36 heavy (non-hydrogen) atoms. The molecule has 0 saturated carbocycles. The number of ether oxygens (including phenoxy) is 2. The SMILES string of the molecule is CCOc1ccc(CN2C(=O)c3ccccc3C2=O)cc1C(=O)OCC(=O)NCc1ccc(F)cc1. The van der Waals surface area contributed by atoms with Gasteiger partial charge in [-0.05, 0) is 54.4 Å². The molecule has 8 nitrogen and oxygen atoms in total. The van der Waals surface area contributed by atoms with E-state index in [1.165, 1.54) is 30.3 Å². The van der Waals surface area contributed by atoms with Gasteiger partial charge in [-0.25, -0.2) is 9.18 Å². The van der Waals surface area contributed by atoms with Crippen molar-refractivity contribution in [1.29, 1.82) is 0 Å². The number of hydrogen-bond acceptors (Lipinski definition) is 6. The fraction of sp³-hybridized carbons (Fsp3) is 0.185. The van der Waals surface area contributed by atoms with Crippen LogP contribution in [0, 0.1) is 5.82 Å². The number of halogens is 1. The molecule has 4 rings (SSSR count). The maximum Gasteiger partial charge on any atom is 0.342 e. The van der Waals surface area contributed by atoms with Gasteiger partial charge in [-0.2, -0.15) is 0 Å². The van der Waals surface area contributed by atoms with E-state index in [1.54, 1.807) is 43.3 Å². The van der Waals surface area contributed by atoms with Gasteiger partial charge in [-0.3, -0.25) is 19.3 Å². The summed E-state index contributed by atoms with van der Waals surface area (Å²) in [6, 6.07) is 16.9. The molecule has 0 radical (unpaired) electrons. The van der Waals surface area contributed by atoms with Crippen molar-refractivity contribution in [3.63, 3.8) is 0 Å². The van der Waals surface area contributed by atoms with E-state index >= 15 is 0 Å². The van der Waals surface area contributed by atoms with Crippen molar-refractivity contribution in [3.8, 4) is 5.75 Å². The van der Waals surface area contributed by atoms with Gasteiger partial charge in [0.25, 0.3) is 17.7 Å². The molecule has 0 aromatic heterocycles. The summed E-state index contributed by atoms with van der Waals surface area (Å²) in [7, 11) is 0. The Balaban J connectivity index is 1.42. The lowest BCUT2D eigenvalue weighted by atomic mass is 10.1. The Bertz CT molecular complexity index is 1290. The van der Waals surface area contributed by atoms with Gasteiger partial charge in [0.1, 0.15) is 17.1 Å². The summed E-state index contributed by atoms with van der Waals surface area (Å²) >= 11 is 0. The average Bonchev–Trinajstić information content (AvgIpc) is 3.13. The largest absolute Gasteiger partial charge is 0.493 e. The molecule has 0 saturated heterocycles. The Labute approximate surface area is 206 Å². The molecule has 3 aromatic rings. The van der Waals surface area contributed by atoms with Gasteiger partial charge in [0.05, 0.1) is 24.3 Å². The van der Waals surface area contributed by atoms with Crippen LogP contribution in [0.15, 0.2) is 66.7 Å². The molecule has 0 spiro atoms. The maximum atomic E-state index is 13.0. The van der Waals surface area contributed by atoms with Gasteiger partial charge in [0.15, 0.2) is 6.61 Å². The molecule has 0 bridgehead atoms. The number of nitrogens with one attached hydrogen (secondary N) is 1. The van der Waals surface area contributed by atoms with Gasteiger partial charge < -0.3 is 14.8 Å². The van der Waals surface area contributed by atoms with Crippen molar-refractivity contribution in [3.05, 3.63) is 100 Å². The highest BCUT2D eigenvalue weighted by atomic mass is 19.1. The summed E-state index contributed by atoms with van der Waals surface area (Å²) in [5.74, 6) is -2.28. The Morgan fingerprint density at radius 3 is 2.19 bits per heavy atom. The van der Waals surface area contributed by atoms with Crippen molar-refractivity contribution >= 4 is 23.7 Å². The van der Waals surface area contributed by atoms with Crippen LogP contribution in [0.3, 0.4) is 0 Å². The molecule has 0 aliphatic carbocycles. The third-order valence-electron chi connectivity index (χ3n) is 5.52. The second kappa shape index (κ2) is 10.8. The second-order valence-electron chi connectivity index (χ2n) is 7.98. The smallest absolute Gasteiger partial charge is 0.342 e. The van der Waals surface area contributed by atoms with Crippen molar-refractivity contribution in [2.75, 3.05) is 13.2 Å². The Hall–Kier alpha value is -4.53. The number of fused-ring (bicyclic) bond motifs is 1. The number of benzene rings is 3. The molecule has 9 heteroatoms. The zero-order valence-corrected chi connectivity index (χ0v) is 19.5. The summed E-state index contributed by atoms with van der Waals surface area (Å²) in [6.45, 7) is 1.61. The normalized spacial score (nSPS) is 12.3. The number of carbonyl (C=O) groups excluding carboxylic acids is 4. The summed E-state index contributed by atoms with van der Waals surface area (Å²) in [5, 5.41) is 2.59. The number of amides is 3. The number of rotatable bonds is 9. The molecule has 0 fully saturated rings. The molecule has 1 aliphatic heterocycles. The van der Waals surface area contributed by atoms with Crippen LogP contribution in [0.2, 0.25) is 0 Å². The van der Waals surface area contributed by atoms with E-state index in [0.29, 0.717) is 22.3 Å². The van der Waals surface area contributed by atoms with E-state index in [9.17, 15) is 23.6 Å². The Morgan fingerprint density at radius 2 is 1.56 bits per heavy atom. The minimum atomic E-state index is -0.792. The maximum absolute atomic E-state index is 13.0. The predicted octanol–water partition coefficient (Wildman–Crippen LogP) is 3.49. The minimum Gasteiger partial charge on any atom is -0.493 e. The van der Waals surface area contributed by atoms with Crippen molar-refractivity contribution < 1.29 is 33.0 Å². The minimum absolute atomic E-state index is 0.0445. The van der Waals surface area contributed by atoms with E-state index in [-0.39, 0.29) is 36.8 Å². The van der Waals surface area contributed by atoms with Gasteiger partial charge in [-0.15, -0.1) is 0 Å². The zero-order chi connectivity index (χ0) is 25.7. The van der Waals surface area contributed by atoms with Gasteiger partial charge in [0, 0.05) is 6.54 Å². The first kappa shape index (κ1) is 24.6. The van der Waals surface area contributed by atoms with Crippen LogP contribution >= 0.6 is 0 Å². The summed E-state index contributed by atoms with van der Waals surface area (Å²) in [6.07, 6.45) is 0. The first-order chi connectivity index (χ1) is 17.4. The fourth-order valence-corrected chi connectivity index (χ4v) is 3.74. The number of carbonyl (C=O) groups is 4. The second-order valence-corrected chi connectivity index (χ2v) is 7.98. The topological polar surface area (TPSA) is 102 Å².